The van der Waals surface area contributed by atoms with Gasteiger partial charge in [-0.25, -0.2) is 0 Å². The molecule has 1 aliphatic rings. The van der Waals surface area contributed by atoms with Gasteiger partial charge in [-0.15, -0.1) is 0 Å². The molecule has 0 unspecified atom stereocenters. The van der Waals surface area contributed by atoms with Crippen LogP contribution >= 0.6 is 11.6 Å². The highest BCUT2D eigenvalue weighted by atomic mass is 35.5. The third kappa shape index (κ3) is 4.59. The molecule has 0 bridgehead atoms. The lowest BCUT2D eigenvalue weighted by atomic mass is 10.1. The van der Waals surface area contributed by atoms with Crippen LogP contribution < -0.4 is 10.2 Å². The fraction of sp³-hybridized carbons (Fsp3) is 0.316. The minimum absolute atomic E-state index is 0.0308. The van der Waals surface area contributed by atoms with Gasteiger partial charge in [-0.3, -0.25) is 14.9 Å². The number of amides is 1. The fourth-order valence-corrected chi connectivity index (χ4v) is 3.41. The molecule has 0 aliphatic carbocycles. The van der Waals surface area contributed by atoms with Gasteiger partial charge in [0.25, 0.3) is 11.6 Å². The van der Waals surface area contributed by atoms with Gasteiger partial charge in [-0.2, -0.15) is 0 Å². The molecule has 1 fully saturated rings. The van der Waals surface area contributed by atoms with Crippen LogP contribution in [0.2, 0.25) is 5.02 Å². The van der Waals surface area contributed by atoms with E-state index in [1.54, 1.807) is 4.90 Å². The summed E-state index contributed by atoms with van der Waals surface area (Å²) in [6.07, 6.45) is 2.60. The maximum Gasteiger partial charge on any atom is 0.282 e. The molecule has 2 aromatic carbocycles. The molecule has 136 valence electrons. The predicted octanol–water partition coefficient (Wildman–Crippen LogP) is 2.36. The number of carbonyl (C=O) groups excluding carboxylic acids is 1. The van der Waals surface area contributed by atoms with E-state index in [0.717, 1.165) is 12.1 Å². The van der Waals surface area contributed by atoms with Gasteiger partial charge in [0.1, 0.15) is 12.1 Å². The molecule has 0 radical (unpaired) electrons. The van der Waals surface area contributed by atoms with Gasteiger partial charge >= 0.3 is 0 Å². The van der Waals surface area contributed by atoms with E-state index in [4.69, 9.17) is 11.6 Å². The number of hydrogen-bond donors (Lipinski definition) is 2. The summed E-state index contributed by atoms with van der Waals surface area (Å²) in [7, 11) is 0. The molecule has 0 saturated carbocycles. The smallest absolute Gasteiger partial charge is 0.282 e. The third-order valence-corrected chi connectivity index (χ3v) is 4.88. The Morgan fingerprint density at radius 3 is 2.42 bits per heavy atom. The SMILES string of the molecule is O=C(NCc1ccc(C[NH+]2CCCC2)cc1)c1cc(Cl)ccc1[N+](=O)[O-]. The number of halogens is 1. The van der Waals surface area contributed by atoms with E-state index in [1.165, 1.54) is 49.7 Å². The molecule has 1 aliphatic heterocycles. The summed E-state index contributed by atoms with van der Waals surface area (Å²) in [4.78, 5) is 24.4. The van der Waals surface area contributed by atoms with Crippen LogP contribution in [0.3, 0.4) is 0 Å². The number of nitrogens with zero attached hydrogens (tertiary/aromatic N) is 1. The molecular formula is C19H21ClN3O3+. The molecule has 6 nitrogen and oxygen atoms in total. The van der Waals surface area contributed by atoms with E-state index >= 15 is 0 Å². The second-order valence-electron chi connectivity index (χ2n) is 6.55. The van der Waals surface area contributed by atoms with E-state index in [0.29, 0.717) is 6.54 Å². The van der Waals surface area contributed by atoms with Crippen LogP contribution in [-0.4, -0.2) is 23.9 Å². The standard InChI is InChI=1S/C19H20ClN3O3/c20-16-7-8-18(23(25)26)17(11-16)19(24)21-12-14-3-5-15(6-4-14)13-22-9-1-2-10-22/h3-8,11H,1-2,9-10,12-13H2,(H,21,24)/p+1. The molecule has 7 heteroatoms. The Kier molecular flexibility index (Phi) is 5.85. The first-order valence-electron chi connectivity index (χ1n) is 8.66. The zero-order valence-electron chi connectivity index (χ0n) is 14.3. The molecule has 0 atom stereocenters. The summed E-state index contributed by atoms with van der Waals surface area (Å²) >= 11 is 5.87. The van der Waals surface area contributed by atoms with E-state index in [9.17, 15) is 14.9 Å². The number of quaternary nitrogens is 1. The van der Waals surface area contributed by atoms with Gasteiger partial charge in [0, 0.05) is 36.0 Å². The first-order chi connectivity index (χ1) is 12.5. The van der Waals surface area contributed by atoms with E-state index < -0.39 is 10.8 Å². The third-order valence-electron chi connectivity index (χ3n) is 4.64. The highest BCUT2D eigenvalue weighted by Gasteiger charge is 2.20. The van der Waals surface area contributed by atoms with Crippen molar-refractivity contribution in [1.29, 1.82) is 0 Å². The lowest BCUT2D eigenvalue weighted by Gasteiger charge is -2.12. The van der Waals surface area contributed by atoms with Gasteiger partial charge in [0.2, 0.25) is 0 Å². The van der Waals surface area contributed by atoms with Gasteiger partial charge in [-0.05, 0) is 17.7 Å². The summed E-state index contributed by atoms with van der Waals surface area (Å²) in [6.45, 7) is 3.80. The summed E-state index contributed by atoms with van der Waals surface area (Å²) < 4.78 is 0. The number of hydrogen-bond acceptors (Lipinski definition) is 3. The van der Waals surface area contributed by atoms with Gasteiger partial charge < -0.3 is 10.2 Å². The molecular weight excluding hydrogens is 354 g/mol. The molecule has 26 heavy (non-hydrogen) atoms. The summed E-state index contributed by atoms with van der Waals surface area (Å²) in [6, 6.07) is 12.1. The summed E-state index contributed by atoms with van der Waals surface area (Å²) in [5.41, 5.74) is 1.94. The molecule has 0 aromatic heterocycles. The van der Waals surface area contributed by atoms with Crippen LogP contribution in [0.1, 0.15) is 34.3 Å². The lowest BCUT2D eigenvalue weighted by molar-refractivity contribution is -0.901. The van der Waals surface area contributed by atoms with Crippen molar-refractivity contribution < 1.29 is 14.6 Å². The van der Waals surface area contributed by atoms with Gasteiger partial charge in [0.15, 0.2) is 0 Å². The number of nitro groups is 1. The van der Waals surface area contributed by atoms with Crippen LogP contribution in [0, 0.1) is 10.1 Å². The zero-order valence-corrected chi connectivity index (χ0v) is 15.1. The van der Waals surface area contributed by atoms with Gasteiger partial charge in [-0.1, -0.05) is 35.9 Å². The second kappa shape index (κ2) is 8.29. The Bertz CT molecular complexity index is 802. The van der Waals surface area contributed by atoms with Crippen LogP contribution in [0.15, 0.2) is 42.5 Å². The van der Waals surface area contributed by atoms with Crippen LogP contribution in [-0.2, 0) is 13.1 Å². The maximum absolute atomic E-state index is 12.3. The number of nitro benzene ring substituents is 1. The quantitative estimate of drug-likeness (QED) is 0.602. The topological polar surface area (TPSA) is 76.7 Å². The van der Waals surface area contributed by atoms with E-state index in [2.05, 4.69) is 17.4 Å². The van der Waals surface area contributed by atoms with Crippen molar-refractivity contribution in [1.82, 2.24) is 5.32 Å². The Morgan fingerprint density at radius 1 is 1.12 bits per heavy atom. The Morgan fingerprint density at radius 2 is 1.77 bits per heavy atom. The van der Waals surface area contributed by atoms with Crippen LogP contribution in [0.5, 0.6) is 0 Å². The van der Waals surface area contributed by atoms with Crippen molar-refractivity contribution in [2.45, 2.75) is 25.9 Å². The number of likely N-dealkylation sites (tertiary alicyclic amines) is 1. The minimum Gasteiger partial charge on any atom is -0.348 e. The Balaban J connectivity index is 1.61. The lowest BCUT2D eigenvalue weighted by Crippen LogP contribution is -3.08. The number of carbonyl (C=O) groups is 1. The normalized spacial score (nSPS) is 14.3. The first-order valence-corrected chi connectivity index (χ1v) is 9.04. The molecule has 0 spiro atoms. The zero-order chi connectivity index (χ0) is 18.5. The molecule has 1 heterocycles. The molecule has 1 saturated heterocycles. The van der Waals surface area contributed by atoms with Crippen molar-refractivity contribution in [3.63, 3.8) is 0 Å². The van der Waals surface area contributed by atoms with E-state index in [1.807, 2.05) is 12.1 Å². The monoisotopic (exact) mass is 374 g/mol. The van der Waals surface area contributed by atoms with Crippen molar-refractivity contribution in [2.75, 3.05) is 13.1 Å². The van der Waals surface area contributed by atoms with Gasteiger partial charge in [0.05, 0.1) is 18.0 Å². The molecule has 2 aromatic rings. The number of benzene rings is 2. The Labute approximate surface area is 156 Å². The average Bonchev–Trinajstić information content (AvgIpc) is 3.13. The average molecular weight is 375 g/mol. The maximum atomic E-state index is 12.3. The summed E-state index contributed by atoms with van der Waals surface area (Å²) in [5.74, 6) is -0.509. The highest BCUT2D eigenvalue weighted by Crippen LogP contribution is 2.22. The van der Waals surface area contributed by atoms with Crippen LogP contribution in [0.4, 0.5) is 5.69 Å². The first kappa shape index (κ1) is 18.4. The fourth-order valence-electron chi connectivity index (χ4n) is 3.24. The largest absolute Gasteiger partial charge is 0.348 e. The van der Waals surface area contributed by atoms with Crippen molar-refractivity contribution in [3.8, 4) is 0 Å². The minimum atomic E-state index is -0.583. The van der Waals surface area contributed by atoms with Crippen LogP contribution in [0.25, 0.3) is 0 Å². The van der Waals surface area contributed by atoms with Crippen molar-refractivity contribution in [2.24, 2.45) is 0 Å². The number of rotatable bonds is 6. The molecule has 3 rings (SSSR count). The van der Waals surface area contributed by atoms with E-state index in [-0.39, 0.29) is 16.3 Å². The number of nitrogens with one attached hydrogen (secondary N) is 2. The summed E-state index contributed by atoms with van der Waals surface area (Å²) in [5, 5.41) is 14.1. The molecule has 1 amide bonds. The predicted molar refractivity (Wildman–Crippen MR) is 99.4 cm³/mol. The Hall–Kier alpha value is -2.44. The molecule has 2 N–H and O–H groups in total. The second-order valence-corrected chi connectivity index (χ2v) is 6.99. The van der Waals surface area contributed by atoms with Crippen molar-refractivity contribution in [3.05, 3.63) is 74.3 Å². The highest BCUT2D eigenvalue weighted by molar-refractivity contribution is 6.31. The van der Waals surface area contributed by atoms with Crippen molar-refractivity contribution >= 4 is 23.2 Å².